The van der Waals surface area contributed by atoms with Crippen LogP contribution in [0.25, 0.3) is 0 Å². The van der Waals surface area contributed by atoms with E-state index >= 15 is 0 Å². The number of likely N-dealkylation sites (tertiary alicyclic amines) is 1. The number of carbonyl (C=O) groups excluding carboxylic acids is 1. The van der Waals surface area contributed by atoms with Crippen LogP contribution < -0.4 is 10.0 Å². The SMILES string of the molecule is CC(=O)Nc1c(C)cc(S(=O)(=O)NCC2CCN(Cc3cccs3)CC2)cc1C. The highest BCUT2D eigenvalue weighted by Gasteiger charge is 2.23. The van der Waals surface area contributed by atoms with Crippen LogP contribution in [-0.2, 0) is 21.4 Å². The van der Waals surface area contributed by atoms with Gasteiger partial charge in [-0.3, -0.25) is 9.69 Å². The molecule has 158 valence electrons. The van der Waals surface area contributed by atoms with E-state index in [1.54, 1.807) is 37.3 Å². The van der Waals surface area contributed by atoms with E-state index in [1.165, 1.54) is 11.8 Å². The normalized spacial score (nSPS) is 16.1. The molecule has 2 N–H and O–H groups in total. The van der Waals surface area contributed by atoms with E-state index in [-0.39, 0.29) is 10.8 Å². The number of nitrogens with one attached hydrogen (secondary N) is 2. The highest BCUT2D eigenvalue weighted by molar-refractivity contribution is 7.89. The minimum absolute atomic E-state index is 0.171. The van der Waals surface area contributed by atoms with Gasteiger partial charge in [-0.05, 0) is 80.4 Å². The fourth-order valence-corrected chi connectivity index (χ4v) is 5.77. The van der Waals surface area contributed by atoms with E-state index in [1.807, 2.05) is 0 Å². The molecule has 0 unspecified atom stereocenters. The van der Waals surface area contributed by atoms with Gasteiger partial charge in [-0.2, -0.15) is 0 Å². The van der Waals surface area contributed by atoms with Gasteiger partial charge < -0.3 is 5.32 Å². The maximum Gasteiger partial charge on any atom is 0.240 e. The second kappa shape index (κ2) is 9.38. The summed E-state index contributed by atoms with van der Waals surface area (Å²) in [7, 11) is -3.58. The Morgan fingerprint density at radius 1 is 1.21 bits per heavy atom. The van der Waals surface area contributed by atoms with Crippen LogP contribution in [0.2, 0.25) is 0 Å². The largest absolute Gasteiger partial charge is 0.326 e. The summed E-state index contributed by atoms with van der Waals surface area (Å²) < 4.78 is 28.4. The molecular weight excluding hydrogens is 406 g/mol. The number of hydrogen-bond donors (Lipinski definition) is 2. The minimum Gasteiger partial charge on any atom is -0.326 e. The molecule has 2 heterocycles. The lowest BCUT2D eigenvalue weighted by atomic mass is 9.97. The summed E-state index contributed by atoms with van der Waals surface area (Å²) in [5.41, 5.74) is 2.15. The van der Waals surface area contributed by atoms with Crippen LogP contribution in [0.15, 0.2) is 34.5 Å². The van der Waals surface area contributed by atoms with Crippen molar-refractivity contribution >= 4 is 33.0 Å². The van der Waals surface area contributed by atoms with Crippen LogP contribution in [0.5, 0.6) is 0 Å². The average Bonchev–Trinajstić information content (AvgIpc) is 3.17. The number of amides is 1. The molecule has 3 rings (SSSR count). The maximum atomic E-state index is 12.8. The smallest absolute Gasteiger partial charge is 0.240 e. The van der Waals surface area contributed by atoms with Gasteiger partial charge in [0.25, 0.3) is 0 Å². The molecule has 6 nitrogen and oxygen atoms in total. The molecule has 0 aliphatic carbocycles. The number of benzene rings is 1. The zero-order valence-corrected chi connectivity index (χ0v) is 18.8. The van der Waals surface area contributed by atoms with Crippen LogP contribution >= 0.6 is 11.3 Å². The fourth-order valence-electron chi connectivity index (χ4n) is 3.73. The first kappa shape index (κ1) is 22.0. The van der Waals surface area contributed by atoms with E-state index in [4.69, 9.17) is 0 Å². The number of carbonyl (C=O) groups is 1. The number of aryl methyl sites for hydroxylation is 2. The first-order valence-electron chi connectivity index (χ1n) is 9.88. The van der Waals surface area contributed by atoms with Crippen LogP contribution in [0.3, 0.4) is 0 Å². The van der Waals surface area contributed by atoms with Crippen molar-refractivity contribution < 1.29 is 13.2 Å². The molecule has 1 amide bonds. The Morgan fingerprint density at radius 2 is 1.86 bits per heavy atom. The Labute approximate surface area is 177 Å². The third-order valence-corrected chi connectivity index (χ3v) is 7.61. The van der Waals surface area contributed by atoms with Crippen LogP contribution in [-0.4, -0.2) is 38.9 Å². The first-order valence-corrected chi connectivity index (χ1v) is 12.2. The Hall–Kier alpha value is -1.74. The van der Waals surface area contributed by atoms with Gasteiger partial charge in [-0.1, -0.05) is 6.07 Å². The standard InChI is InChI=1S/C21H29N3O3S2/c1-15-11-20(12-16(2)21(15)23-17(3)25)29(26,27)22-13-18-6-8-24(9-7-18)14-19-5-4-10-28-19/h4-5,10-12,18,22H,6-9,13-14H2,1-3H3,(H,23,25). The van der Waals surface area contributed by atoms with Gasteiger partial charge in [0.15, 0.2) is 0 Å². The topological polar surface area (TPSA) is 78.5 Å². The summed E-state index contributed by atoms with van der Waals surface area (Å²) in [6, 6.07) is 7.47. The second-order valence-electron chi connectivity index (χ2n) is 7.76. The summed E-state index contributed by atoms with van der Waals surface area (Å²) in [5.74, 6) is 0.181. The van der Waals surface area contributed by atoms with Crippen LogP contribution in [0, 0.1) is 19.8 Å². The average molecular weight is 436 g/mol. The molecule has 0 radical (unpaired) electrons. The molecule has 8 heteroatoms. The first-order chi connectivity index (χ1) is 13.7. The predicted molar refractivity (Wildman–Crippen MR) is 118 cm³/mol. The number of anilines is 1. The summed E-state index contributed by atoms with van der Waals surface area (Å²) in [4.78, 5) is 15.4. The third kappa shape index (κ3) is 5.88. The molecule has 1 aromatic carbocycles. The summed E-state index contributed by atoms with van der Waals surface area (Å²) in [6.45, 7) is 8.48. The molecule has 0 saturated carbocycles. The van der Waals surface area contributed by atoms with Gasteiger partial charge in [0.2, 0.25) is 15.9 Å². The molecule has 2 aromatic rings. The predicted octanol–water partition coefficient (Wildman–Crippen LogP) is 3.51. The Kier molecular flexibility index (Phi) is 7.10. The molecule has 0 bridgehead atoms. The van der Waals surface area contributed by atoms with Crippen molar-refractivity contribution in [3.63, 3.8) is 0 Å². The molecule has 1 aliphatic rings. The molecule has 29 heavy (non-hydrogen) atoms. The maximum absolute atomic E-state index is 12.8. The molecule has 1 saturated heterocycles. The van der Waals surface area contributed by atoms with E-state index < -0.39 is 10.0 Å². The number of piperidine rings is 1. The number of hydrogen-bond acceptors (Lipinski definition) is 5. The summed E-state index contributed by atoms with van der Waals surface area (Å²) >= 11 is 1.78. The lowest BCUT2D eigenvalue weighted by molar-refractivity contribution is -0.114. The van der Waals surface area contributed by atoms with E-state index in [9.17, 15) is 13.2 Å². The van der Waals surface area contributed by atoms with Crippen molar-refractivity contribution in [3.8, 4) is 0 Å². The molecule has 1 fully saturated rings. The molecular formula is C21H29N3O3S2. The summed E-state index contributed by atoms with van der Waals surface area (Å²) in [6.07, 6.45) is 1.99. The highest BCUT2D eigenvalue weighted by atomic mass is 32.2. The van der Waals surface area contributed by atoms with Crippen molar-refractivity contribution in [2.24, 2.45) is 5.92 Å². The minimum atomic E-state index is -3.58. The fraction of sp³-hybridized carbons (Fsp3) is 0.476. The molecule has 0 spiro atoms. The van der Waals surface area contributed by atoms with Crippen LogP contribution in [0.4, 0.5) is 5.69 Å². The monoisotopic (exact) mass is 435 g/mol. The van der Waals surface area contributed by atoms with Crippen LogP contribution in [0.1, 0.15) is 35.8 Å². The Balaban J connectivity index is 1.56. The molecule has 1 aliphatic heterocycles. The molecule has 0 atom stereocenters. The summed E-state index contributed by atoms with van der Waals surface area (Å²) in [5, 5.41) is 4.87. The van der Waals surface area contributed by atoms with Crippen molar-refractivity contribution in [1.29, 1.82) is 0 Å². The van der Waals surface area contributed by atoms with E-state index in [2.05, 4.69) is 32.5 Å². The third-order valence-electron chi connectivity index (χ3n) is 5.35. The van der Waals surface area contributed by atoms with E-state index in [0.29, 0.717) is 18.2 Å². The number of rotatable bonds is 7. The van der Waals surface area contributed by atoms with E-state index in [0.717, 1.165) is 43.6 Å². The highest BCUT2D eigenvalue weighted by Crippen LogP contribution is 2.25. The van der Waals surface area contributed by atoms with Gasteiger partial charge in [0.05, 0.1) is 4.90 Å². The molecule has 1 aromatic heterocycles. The van der Waals surface area contributed by atoms with Gasteiger partial charge in [-0.15, -0.1) is 11.3 Å². The van der Waals surface area contributed by atoms with Crippen molar-refractivity contribution in [2.45, 2.75) is 45.1 Å². The van der Waals surface area contributed by atoms with Gasteiger partial charge in [0, 0.05) is 30.6 Å². The number of nitrogens with zero attached hydrogens (tertiary/aromatic N) is 1. The zero-order valence-electron chi connectivity index (χ0n) is 17.2. The lowest BCUT2D eigenvalue weighted by Gasteiger charge is -2.31. The van der Waals surface area contributed by atoms with Crippen molar-refractivity contribution in [3.05, 3.63) is 45.6 Å². The Morgan fingerprint density at radius 3 is 2.41 bits per heavy atom. The van der Waals surface area contributed by atoms with Crippen molar-refractivity contribution in [1.82, 2.24) is 9.62 Å². The van der Waals surface area contributed by atoms with Gasteiger partial charge >= 0.3 is 0 Å². The Bertz CT molecular complexity index is 925. The second-order valence-corrected chi connectivity index (χ2v) is 10.6. The zero-order chi connectivity index (χ0) is 21.0. The van der Waals surface area contributed by atoms with Gasteiger partial charge in [-0.25, -0.2) is 13.1 Å². The number of thiophene rings is 1. The van der Waals surface area contributed by atoms with Crippen molar-refractivity contribution in [2.75, 3.05) is 25.0 Å². The number of sulfonamides is 1. The quantitative estimate of drug-likeness (QED) is 0.698. The lowest BCUT2D eigenvalue weighted by Crippen LogP contribution is -2.38. The van der Waals surface area contributed by atoms with Gasteiger partial charge in [0.1, 0.15) is 0 Å².